The maximum absolute atomic E-state index is 12.5. The molecule has 1 aliphatic rings. The molecule has 0 aliphatic carbocycles. The van der Waals surface area contributed by atoms with Gasteiger partial charge in [0.1, 0.15) is 23.2 Å². The topological polar surface area (TPSA) is 94.6 Å². The number of halogens is 1. The number of allylic oxidation sites excluding steroid dienone is 2. The Morgan fingerprint density at radius 1 is 1.44 bits per heavy atom. The largest absolute Gasteiger partial charge is 0.496 e. The molecule has 25 heavy (non-hydrogen) atoms. The minimum absolute atomic E-state index is 0.0585. The van der Waals surface area contributed by atoms with Gasteiger partial charge in [0.2, 0.25) is 5.88 Å². The molecule has 1 aromatic rings. The SMILES string of the molecule is CCOC(=O)C1=C(C)OC(N)=C(C#N)C1c1cc(Cl)c(C)cc1OC. The Labute approximate surface area is 151 Å². The number of esters is 1. The van der Waals surface area contributed by atoms with E-state index in [0.717, 1.165) is 5.56 Å². The highest BCUT2D eigenvalue weighted by molar-refractivity contribution is 6.31. The molecule has 0 saturated carbocycles. The van der Waals surface area contributed by atoms with Crippen molar-refractivity contribution < 1.29 is 19.0 Å². The van der Waals surface area contributed by atoms with Gasteiger partial charge < -0.3 is 19.9 Å². The van der Waals surface area contributed by atoms with Gasteiger partial charge in [-0.3, -0.25) is 0 Å². The summed E-state index contributed by atoms with van der Waals surface area (Å²) in [7, 11) is 1.51. The number of carbonyl (C=O) groups excluding carboxylic acids is 1. The molecule has 0 spiro atoms. The van der Waals surface area contributed by atoms with Crippen LogP contribution >= 0.6 is 11.6 Å². The lowest BCUT2D eigenvalue weighted by Crippen LogP contribution is -2.26. The van der Waals surface area contributed by atoms with Crippen molar-refractivity contribution in [2.45, 2.75) is 26.7 Å². The fraction of sp³-hybridized carbons (Fsp3) is 0.333. The second kappa shape index (κ2) is 7.49. The average molecular weight is 363 g/mol. The predicted molar refractivity (Wildman–Crippen MR) is 92.7 cm³/mol. The Kier molecular flexibility index (Phi) is 5.60. The van der Waals surface area contributed by atoms with E-state index in [2.05, 4.69) is 0 Å². The summed E-state index contributed by atoms with van der Waals surface area (Å²) in [5, 5.41) is 10.1. The van der Waals surface area contributed by atoms with E-state index in [-0.39, 0.29) is 29.4 Å². The van der Waals surface area contributed by atoms with Crippen LogP contribution in [0.3, 0.4) is 0 Å². The summed E-state index contributed by atoms with van der Waals surface area (Å²) in [5.74, 6) is -0.658. The van der Waals surface area contributed by atoms with Gasteiger partial charge in [-0.05, 0) is 38.5 Å². The summed E-state index contributed by atoms with van der Waals surface area (Å²) in [6.45, 7) is 5.32. The van der Waals surface area contributed by atoms with Crippen molar-refractivity contribution in [3.05, 3.63) is 51.1 Å². The first-order chi connectivity index (χ1) is 11.8. The zero-order valence-corrected chi connectivity index (χ0v) is 15.2. The molecule has 1 atom stereocenters. The first-order valence-corrected chi connectivity index (χ1v) is 8.02. The number of benzene rings is 1. The van der Waals surface area contributed by atoms with Gasteiger partial charge in [0.25, 0.3) is 0 Å². The molecule has 1 aromatic carbocycles. The van der Waals surface area contributed by atoms with E-state index in [9.17, 15) is 10.1 Å². The molecule has 0 amide bonds. The molecule has 6 nitrogen and oxygen atoms in total. The molecule has 0 saturated heterocycles. The molecule has 7 heteroatoms. The van der Waals surface area contributed by atoms with Crippen LogP contribution in [-0.4, -0.2) is 19.7 Å². The van der Waals surface area contributed by atoms with Crippen LogP contribution < -0.4 is 10.5 Å². The number of aryl methyl sites for hydroxylation is 1. The summed E-state index contributed by atoms with van der Waals surface area (Å²) in [4.78, 5) is 12.5. The normalized spacial score (nSPS) is 17.0. The maximum Gasteiger partial charge on any atom is 0.338 e. The minimum atomic E-state index is -0.786. The third-order valence-electron chi connectivity index (χ3n) is 3.92. The van der Waals surface area contributed by atoms with Gasteiger partial charge in [-0.1, -0.05) is 11.6 Å². The van der Waals surface area contributed by atoms with Crippen molar-refractivity contribution in [1.29, 1.82) is 5.26 Å². The van der Waals surface area contributed by atoms with E-state index in [0.29, 0.717) is 16.3 Å². The van der Waals surface area contributed by atoms with Crippen LogP contribution in [0, 0.1) is 18.3 Å². The summed E-state index contributed by atoms with van der Waals surface area (Å²) < 4.78 is 16.0. The fourth-order valence-corrected chi connectivity index (χ4v) is 2.91. The molecule has 1 heterocycles. The lowest BCUT2D eigenvalue weighted by molar-refractivity contribution is -0.139. The Morgan fingerprint density at radius 2 is 2.12 bits per heavy atom. The third kappa shape index (κ3) is 3.42. The lowest BCUT2D eigenvalue weighted by Gasteiger charge is -2.28. The molecule has 0 radical (unpaired) electrons. The Balaban J connectivity index is 2.75. The highest BCUT2D eigenvalue weighted by Crippen LogP contribution is 2.44. The van der Waals surface area contributed by atoms with Gasteiger partial charge in [-0.2, -0.15) is 5.26 Å². The number of rotatable bonds is 4. The van der Waals surface area contributed by atoms with Crippen LogP contribution in [0.4, 0.5) is 0 Å². The van der Waals surface area contributed by atoms with Crippen molar-refractivity contribution in [3.8, 4) is 11.8 Å². The van der Waals surface area contributed by atoms with Crippen molar-refractivity contribution in [2.24, 2.45) is 5.73 Å². The molecule has 0 bridgehead atoms. The molecule has 1 unspecified atom stereocenters. The van der Waals surface area contributed by atoms with Gasteiger partial charge in [0, 0.05) is 10.6 Å². The van der Waals surface area contributed by atoms with E-state index in [4.69, 9.17) is 31.5 Å². The summed E-state index contributed by atoms with van der Waals surface area (Å²) in [6.07, 6.45) is 0. The van der Waals surface area contributed by atoms with E-state index >= 15 is 0 Å². The number of hydrogen-bond acceptors (Lipinski definition) is 6. The van der Waals surface area contributed by atoms with Crippen LogP contribution in [0.5, 0.6) is 5.75 Å². The first-order valence-electron chi connectivity index (χ1n) is 7.65. The number of ether oxygens (including phenoxy) is 3. The van der Waals surface area contributed by atoms with Gasteiger partial charge in [-0.25, -0.2) is 4.79 Å². The van der Waals surface area contributed by atoms with Crippen LogP contribution in [0.1, 0.15) is 30.9 Å². The number of carbonyl (C=O) groups is 1. The van der Waals surface area contributed by atoms with Crippen molar-refractivity contribution >= 4 is 17.6 Å². The zero-order chi connectivity index (χ0) is 18.7. The zero-order valence-electron chi connectivity index (χ0n) is 14.5. The predicted octanol–water partition coefficient (Wildman–Crippen LogP) is 3.30. The van der Waals surface area contributed by atoms with E-state index < -0.39 is 11.9 Å². The standard InChI is InChI=1S/C18H19ClN2O4/c1-5-24-18(22)15-10(3)25-17(21)12(8-20)16(15)11-7-13(19)9(2)6-14(11)23-4/h6-7,16H,5,21H2,1-4H3. The minimum Gasteiger partial charge on any atom is -0.496 e. The lowest BCUT2D eigenvalue weighted by atomic mass is 9.82. The van der Waals surface area contributed by atoms with Crippen LogP contribution in [0.25, 0.3) is 0 Å². The maximum atomic E-state index is 12.5. The van der Waals surface area contributed by atoms with Crippen molar-refractivity contribution in [2.75, 3.05) is 13.7 Å². The van der Waals surface area contributed by atoms with Gasteiger partial charge in [0.05, 0.1) is 25.2 Å². The molecule has 132 valence electrons. The number of hydrogen-bond donors (Lipinski definition) is 1. The third-order valence-corrected chi connectivity index (χ3v) is 4.33. The summed E-state index contributed by atoms with van der Waals surface area (Å²) in [6, 6.07) is 5.44. The average Bonchev–Trinajstić information content (AvgIpc) is 2.56. The monoisotopic (exact) mass is 362 g/mol. The molecular formula is C18H19ClN2O4. The Hall–Kier alpha value is -2.65. The molecular weight excluding hydrogens is 344 g/mol. The van der Waals surface area contributed by atoms with Crippen molar-refractivity contribution in [1.82, 2.24) is 0 Å². The smallest absolute Gasteiger partial charge is 0.338 e. The highest BCUT2D eigenvalue weighted by atomic mass is 35.5. The van der Waals surface area contributed by atoms with E-state index in [1.165, 1.54) is 7.11 Å². The van der Waals surface area contributed by atoms with Gasteiger partial charge in [-0.15, -0.1) is 0 Å². The molecule has 2 rings (SSSR count). The highest BCUT2D eigenvalue weighted by Gasteiger charge is 2.38. The van der Waals surface area contributed by atoms with Crippen LogP contribution in [0.15, 0.2) is 34.9 Å². The number of nitrogens with two attached hydrogens (primary N) is 1. The van der Waals surface area contributed by atoms with E-state index in [1.807, 2.05) is 13.0 Å². The molecule has 2 N–H and O–H groups in total. The van der Waals surface area contributed by atoms with E-state index in [1.54, 1.807) is 26.0 Å². The van der Waals surface area contributed by atoms with Crippen molar-refractivity contribution in [3.63, 3.8) is 0 Å². The van der Waals surface area contributed by atoms with Gasteiger partial charge >= 0.3 is 5.97 Å². The first kappa shape index (κ1) is 18.7. The second-order valence-electron chi connectivity index (χ2n) is 5.46. The Morgan fingerprint density at radius 3 is 2.68 bits per heavy atom. The van der Waals surface area contributed by atoms with Crippen LogP contribution in [0.2, 0.25) is 5.02 Å². The molecule has 0 fully saturated rings. The van der Waals surface area contributed by atoms with Gasteiger partial charge in [0.15, 0.2) is 0 Å². The summed E-state index contributed by atoms with van der Waals surface area (Å²) in [5.41, 5.74) is 7.53. The fourth-order valence-electron chi connectivity index (χ4n) is 2.74. The second-order valence-corrected chi connectivity index (χ2v) is 5.87. The molecule has 1 aliphatic heterocycles. The quantitative estimate of drug-likeness (QED) is 0.826. The number of nitriles is 1. The number of methoxy groups -OCH3 is 1. The van der Waals surface area contributed by atoms with Crippen LogP contribution in [-0.2, 0) is 14.3 Å². The molecule has 0 aromatic heterocycles. The number of nitrogens with zero attached hydrogens (tertiary/aromatic N) is 1. The summed E-state index contributed by atoms with van der Waals surface area (Å²) >= 11 is 6.26. The Bertz CT molecular complexity index is 821.